The Morgan fingerprint density at radius 1 is 1.15 bits per heavy atom. The average Bonchev–Trinajstić information content (AvgIpc) is 3.04. The van der Waals surface area contributed by atoms with Crippen molar-refractivity contribution in [2.45, 2.75) is 37.9 Å². The van der Waals surface area contributed by atoms with Crippen molar-refractivity contribution in [2.24, 2.45) is 0 Å². The molecule has 26 heavy (non-hydrogen) atoms. The summed E-state index contributed by atoms with van der Waals surface area (Å²) in [7, 11) is 0. The van der Waals surface area contributed by atoms with Gasteiger partial charge in [0.25, 0.3) is 0 Å². The lowest BCUT2D eigenvalue weighted by atomic mass is 9.92. The number of H-pyrrole nitrogens is 1. The number of nitrogens with one attached hydrogen (secondary N) is 2. The minimum Gasteiger partial charge on any atom is -0.342 e. The highest BCUT2D eigenvalue weighted by Crippen LogP contribution is 2.38. The smallest absolute Gasteiger partial charge is 0.342 e. The van der Waals surface area contributed by atoms with E-state index in [1.165, 1.54) is 12.1 Å². The summed E-state index contributed by atoms with van der Waals surface area (Å²) in [6.07, 6.45) is -0.808. The Morgan fingerprint density at radius 3 is 2.73 bits per heavy atom. The van der Waals surface area contributed by atoms with Gasteiger partial charge in [0.2, 0.25) is 0 Å². The summed E-state index contributed by atoms with van der Waals surface area (Å²) >= 11 is 0. The molecule has 2 atom stereocenters. The summed E-state index contributed by atoms with van der Waals surface area (Å²) in [6.45, 7) is 3.07. The molecule has 2 unspecified atom stereocenters. The van der Waals surface area contributed by atoms with Gasteiger partial charge in [-0.25, -0.2) is 9.97 Å². The van der Waals surface area contributed by atoms with Crippen molar-refractivity contribution in [3.8, 4) is 22.6 Å². The Bertz CT molecular complexity index is 887. The first kappa shape index (κ1) is 17.0. The molecule has 2 N–H and O–H groups in total. The molecular weight excluding hydrogens is 341 g/mol. The Kier molecular flexibility index (Phi) is 4.19. The number of hydrogen-bond donors (Lipinski definition) is 2. The summed E-state index contributed by atoms with van der Waals surface area (Å²) in [5.41, 5.74) is 1.00. The van der Waals surface area contributed by atoms with Crippen LogP contribution in [0.25, 0.3) is 22.6 Å². The number of rotatable bonds is 2. The topological polar surface area (TPSA) is 53.6 Å². The highest BCUT2D eigenvalue weighted by molar-refractivity contribution is 5.73. The van der Waals surface area contributed by atoms with E-state index in [4.69, 9.17) is 0 Å². The number of piperidine rings is 1. The van der Waals surface area contributed by atoms with Crippen molar-refractivity contribution in [3.63, 3.8) is 0 Å². The Balaban J connectivity index is 1.73. The van der Waals surface area contributed by atoms with Crippen LogP contribution in [-0.4, -0.2) is 27.5 Å². The normalized spacial score (nSPS) is 21.2. The van der Waals surface area contributed by atoms with E-state index in [1.807, 2.05) is 0 Å². The molecule has 1 aromatic carbocycles. The van der Waals surface area contributed by atoms with E-state index in [0.717, 1.165) is 31.3 Å². The molecule has 3 aliphatic rings. The molecule has 7 heteroatoms. The van der Waals surface area contributed by atoms with Crippen molar-refractivity contribution in [3.05, 3.63) is 47.9 Å². The second-order valence-corrected chi connectivity index (χ2v) is 6.83. The number of alkyl halides is 3. The third-order valence-corrected chi connectivity index (χ3v) is 4.91. The minimum absolute atomic E-state index is 0.0849. The third-order valence-electron chi connectivity index (χ3n) is 4.91. The van der Waals surface area contributed by atoms with E-state index in [2.05, 4.69) is 27.2 Å². The summed E-state index contributed by atoms with van der Waals surface area (Å²) in [6, 6.07) is 7.61. The molecule has 0 amide bonds. The SMILES string of the molecule is CC1CC(c2ncc3nc(-c4ccccc4C(F)(F)F)cc-3[nH]2)CCN1. The Hall–Kier alpha value is -2.41. The fraction of sp³-hybridized carbons (Fsp3) is 0.368. The van der Waals surface area contributed by atoms with Gasteiger partial charge in [-0.1, -0.05) is 18.2 Å². The summed E-state index contributed by atoms with van der Waals surface area (Å²) in [5.74, 6) is 1.19. The van der Waals surface area contributed by atoms with Crippen molar-refractivity contribution < 1.29 is 13.2 Å². The molecule has 136 valence electrons. The molecule has 1 fully saturated rings. The van der Waals surface area contributed by atoms with Crippen molar-refractivity contribution in [2.75, 3.05) is 6.54 Å². The van der Waals surface area contributed by atoms with Crippen LogP contribution in [0.2, 0.25) is 0 Å². The first-order valence-corrected chi connectivity index (χ1v) is 8.67. The molecule has 1 saturated heterocycles. The van der Waals surface area contributed by atoms with Gasteiger partial charge in [0.05, 0.1) is 23.1 Å². The van der Waals surface area contributed by atoms with Crippen LogP contribution < -0.4 is 5.32 Å². The maximum atomic E-state index is 13.3. The molecule has 0 radical (unpaired) electrons. The van der Waals surface area contributed by atoms with Gasteiger partial charge in [-0.15, -0.1) is 0 Å². The van der Waals surface area contributed by atoms with Crippen molar-refractivity contribution in [1.29, 1.82) is 0 Å². The maximum Gasteiger partial charge on any atom is 0.417 e. The van der Waals surface area contributed by atoms with E-state index < -0.39 is 11.7 Å². The predicted octanol–water partition coefficient (Wildman–Crippen LogP) is 4.45. The third kappa shape index (κ3) is 3.19. The second kappa shape index (κ2) is 6.39. The number of hydrogen-bond acceptors (Lipinski definition) is 3. The van der Waals surface area contributed by atoms with Gasteiger partial charge < -0.3 is 10.3 Å². The number of aromatic amines is 1. The minimum atomic E-state index is -4.42. The lowest BCUT2D eigenvalue weighted by Gasteiger charge is -2.27. The van der Waals surface area contributed by atoms with Gasteiger partial charge in [-0.2, -0.15) is 13.2 Å². The van der Waals surface area contributed by atoms with Crippen LogP contribution >= 0.6 is 0 Å². The molecule has 1 aromatic rings. The number of fused-ring (bicyclic) bond motifs is 1. The first-order valence-electron chi connectivity index (χ1n) is 8.67. The highest BCUT2D eigenvalue weighted by Gasteiger charge is 2.34. The van der Waals surface area contributed by atoms with Crippen molar-refractivity contribution >= 4 is 0 Å². The lowest BCUT2D eigenvalue weighted by Crippen LogP contribution is -2.35. The summed E-state index contributed by atoms with van der Waals surface area (Å²) < 4.78 is 39.8. The summed E-state index contributed by atoms with van der Waals surface area (Å²) in [5, 5.41) is 3.40. The van der Waals surface area contributed by atoms with Gasteiger partial charge in [0.15, 0.2) is 0 Å². The molecule has 0 bridgehead atoms. The van der Waals surface area contributed by atoms with E-state index in [0.29, 0.717) is 29.0 Å². The molecule has 0 aromatic heterocycles. The van der Waals surface area contributed by atoms with Gasteiger partial charge in [-0.3, -0.25) is 0 Å². The standard InChI is InChI=1S/C19H19F3N4/c1-11-8-12(6-7-23-11)18-24-10-17-16(26-18)9-15(25-17)13-4-2-3-5-14(13)19(20,21)22/h2-5,9-12,23H,6-8H2,1H3,(H,24,26). The number of aromatic nitrogens is 3. The number of benzene rings is 1. The fourth-order valence-electron chi connectivity index (χ4n) is 3.61. The molecule has 4 rings (SSSR count). The second-order valence-electron chi connectivity index (χ2n) is 6.83. The van der Waals surface area contributed by atoms with Gasteiger partial charge in [0, 0.05) is 17.5 Å². The van der Waals surface area contributed by atoms with Crippen LogP contribution in [0.3, 0.4) is 0 Å². The molecule has 3 heterocycles. The molecule has 0 saturated carbocycles. The van der Waals surface area contributed by atoms with Crippen LogP contribution in [0.4, 0.5) is 13.2 Å². The molecule has 0 aliphatic carbocycles. The molecular formula is C19H19F3N4. The average molecular weight is 360 g/mol. The largest absolute Gasteiger partial charge is 0.417 e. The Morgan fingerprint density at radius 2 is 1.96 bits per heavy atom. The monoisotopic (exact) mass is 360 g/mol. The maximum absolute atomic E-state index is 13.3. The molecule has 4 nitrogen and oxygen atoms in total. The fourth-order valence-corrected chi connectivity index (χ4v) is 3.61. The van der Waals surface area contributed by atoms with Gasteiger partial charge in [-0.05, 0) is 38.4 Å². The van der Waals surface area contributed by atoms with Gasteiger partial charge in [0.1, 0.15) is 11.5 Å². The van der Waals surface area contributed by atoms with Crippen LogP contribution in [-0.2, 0) is 6.18 Å². The predicted molar refractivity (Wildman–Crippen MR) is 92.9 cm³/mol. The highest BCUT2D eigenvalue weighted by atomic mass is 19.4. The van der Waals surface area contributed by atoms with Gasteiger partial charge >= 0.3 is 6.18 Å². The molecule has 0 spiro atoms. The van der Waals surface area contributed by atoms with E-state index in [9.17, 15) is 13.2 Å². The zero-order valence-electron chi connectivity index (χ0n) is 14.3. The number of halogens is 3. The quantitative estimate of drug-likeness (QED) is 0.710. The van der Waals surface area contributed by atoms with Crippen LogP contribution in [0.15, 0.2) is 36.5 Å². The Labute approximate surface area is 149 Å². The van der Waals surface area contributed by atoms with E-state index in [1.54, 1.807) is 18.3 Å². The number of nitrogens with zero attached hydrogens (tertiary/aromatic N) is 2. The zero-order chi connectivity index (χ0) is 18.3. The zero-order valence-corrected chi connectivity index (χ0v) is 14.3. The van der Waals surface area contributed by atoms with E-state index >= 15 is 0 Å². The first-order chi connectivity index (χ1) is 12.4. The van der Waals surface area contributed by atoms with Crippen LogP contribution in [0.1, 0.15) is 37.1 Å². The van der Waals surface area contributed by atoms with E-state index in [-0.39, 0.29) is 5.56 Å². The lowest BCUT2D eigenvalue weighted by molar-refractivity contribution is -0.137. The van der Waals surface area contributed by atoms with Crippen LogP contribution in [0, 0.1) is 0 Å². The van der Waals surface area contributed by atoms with Crippen molar-refractivity contribution in [1.82, 2.24) is 20.3 Å². The van der Waals surface area contributed by atoms with Crippen LogP contribution in [0.5, 0.6) is 0 Å². The summed E-state index contributed by atoms with van der Waals surface area (Å²) in [4.78, 5) is 12.1. The molecule has 3 aliphatic heterocycles.